The Hall–Kier alpha value is -1.66. The fraction of sp³-hybridized carbons (Fsp3) is 0.647. The normalized spacial score (nSPS) is 28.8. The summed E-state index contributed by atoms with van der Waals surface area (Å²) in [5, 5.41) is 10.5. The molecule has 2 amide bonds. The first-order chi connectivity index (χ1) is 10.8. The van der Waals surface area contributed by atoms with Crippen LogP contribution in [0, 0.1) is 5.92 Å². The van der Waals surface area contributed by atoms with Crippen molar-refractivity contribution in [1.29, 1.82) is 0 Å². The standard InChI is InChI=1S/C17H25NO5/c1-5-12(15(20)18-9-10-22-16(18)21)13(19)14-17(4,23-14)8-6-7-11(2)3/h5,7,12-14,19H,1,6,8-10H2,2-4H3/t12-,13-,14-,17-/m0/s1. The highest BCUT2D eigenvalue weighted by Gasteiger charge is 2.57. The second-order valence-electron chi connectivity index (χ2n) is 6.53. The molecule has 0 aromatic carbocycles. The fourth-order valence-corrected chi connectivity index (χ4v) is 2.88. The molecule has 0 spiro atoms. The van der Waals surface area contributed by atoms with Gasteiger partial charge in [0.25, 0.3) is 0 Å². The van der Waals surface area contributed by atoms with E-state index in [2.05, 4.69) is 12.7 Å². The number of allylic oxidation sites excluding steroid dienone is 2. The van der Waals surface area contributed by atoms with Crippen LogP contribution < -0.4 is 0 Å². The van der Waals surface area contributed by atoms with Crippen molar-refractivity contribution in [2.75, 3.05) is 13.2 Å². The lowest BCUT2D eigenvalue weighted by atomic mass is 9.90. The second kappa shape index (κ2) is 6.84. The first-order valence-electron chi connectivity index (χ1n) is 7.90. The smallest absolute Gasteiger partial charge is 0.416 e. The van der Waals surface area contributed by atoms with Crippen molar-refractivity contribution in [1.82, 2.24) is 4.90 Å². The van der Waals surface area contributed by atoms with Gasteiger partial charge in [-0.05, 0) is 33.6 Å². The molecule has 2 heterocycles. The van der Waals surface area contributed by atoms with Crippen LogP contribution in [0.15, 0.2) is 24.3 Å². The van der Waals surface area contributed by atoms with Crippen LogP contribution in [-0.2, 0) is 14.3 Å². The number of aliphatic hydroxyl groups is 1. The van der Waals surface area contributed by atoms with Crippen LogP contribution in [0.1, 0.15) is 33.6 Å². The Balaban J connectivity index is 1.97. The molecule has 0 bridgehead atoms. The van der Waals surface area contributed by atoms with Gasteiger partial charge in [0, 0.05) is 0 Å². The molecule has 6 heteroatoms. The van der Waals surface area contributed by atoms with Gasteiger partial charge in [-0.1, -0.05) is 17.7 Å². The van der Waals surface area contributed by atoms with Gasteiger partial charge in [-0.2, -0.15) is 0 Å². The van der Waals surface area contributed by atoms with E-state index in [4.69, 9.17) is 9.47 Å². The molecule has 0 radical (unpaired) electrons. The van der Waals surface area contributed by atoms with Gasteiger partial charge < -0.3 is 14.6 Å². The average molecular weight is 323 g/mol. The van der Waals surface area contributed by atoms with E-state index in [0.29, 0.717) is 0 Å². The SMILES string of the molecule is C=C[C@H](C(=O)N1CCOC1=O)[C@H](O)[C@@H]1O[C@@]1(C)CCC=C(C)C. The fourth-order valence-electron chi connectivity index (χ4n) is 2.88. The Morgan fingerprint density at radius 3 is 2.78 bits per heavy atom. The van der Waals surface area contributed by atoms with Gasteiger partial charge in [0.1, 0.15) is 12.7 Å². The number of ether oxygens (including phenoxy) is 2. The Morgan fingerprint density at radius 1 is 1.57 bits per heavy atom. The van der Waals surface area contributed by atoms with E-state index >= 15 is 0 Å². The number of epoxide rings is 1. The Kier molecular flexibility index (Phi) is 5.26. The maximum Gasteiger partial charge on any atom is 0.416 e. The summed E-state index contributed by atoms with van der Waals surface area (Å²) in [4.78, 5) is 24.9. The molecule has 6 nitrogen and oxygen atoms in total. The summed E-state index contributed by atoms with van der Waals surface area (Å²) in [6.45, 7) is 10.00. The first-order valence-corrected chi connectivity index (χ1v) is 7.90. The zero-order chi connectivity index (χ0) is 17.2. The van der Waals surface area contributed by atoms with Crippen molar-refractivity contribution in [3.63, 3.8) is 0 Å². The molecule has 2 fully saturated rings. The molecule has 128 valence electrons. The van der Waals surface area contributed by atoms with E-state index in [1.807, 2.05) is 20.8 Å². The van der Waals surface area contributed by atoms with Crippen LogP contribution in [0.5, 0.6) is 0 Å². The zero-order valence-corrected chi connectivity index (χ0v) is 13.9. The van der Waals surface area contributed by atoms with Crippen LogP contribution in [0.4, 0.5) is 4.79 Å². The van der Waals surface area contributed by atoms with Crippen LogP contribution >= 0.6 is 0 Å². The van der Waals surface area contributed by atoms with Gasteiger partial charge >= 0.3 is 6.09 Å². The third kappa shape index (κ3) is 3.82. The zero-order valence-electron chi connectivity index (χ0n) is 13.9. The van der Waals surface area contributed by atoms with E-state index < -0.39 is 35.7 Å². The number of amides is 2. The quantitative estimate of drug-likeness (QED) is 0.573. The first kappa shape index (κ1) is 17.7. The van der Waals surface area contributed by atoms with Gasteiger partial charge in [0.15, 0.2) is 0 Å². The Morgan fingerprint density at radius 2 is 2.26 bits per heavy atom. The number of imide groups is 1. The second-order valence-corrected chi connectivity index (χ2v) is 6.53. The van der Waals surface area contributed by atoms with Crippen LogP contribution in [0.2, 0.25) is 0 Å². The van der Waals surface area contributed by atoms with Gasteiger partial charge in [-0.25, -0.2) is 9.69 Å². The molecule has 4 atom stereocenters. The van der Waals surface area contributed by atoms with Crippen molar-refractivity contribution < 1.29 is 24.2 Å². The van der Waals surface area contributed by atoms with E-state index in [1.54, 1.807) is 0 Å². The van der Waals surface area contributed by atoms with Gasteiger partial charge in [-0.3, -0.25) is 4.79 Å². The number of cyclic esters (lactones) is 1. The number of carbonyl (C=O) groups is 2. The van der Waals surface area contributed by atoms with Crippen molar-refractivity contribution >= 4 is 12.0 Å². The van der Waals surface area contributed by atoms with E-state index in [-0.39, 0.29) is 13.2 Å². The molecule has 0 aromatic rings. The minimum Gasteiger partial charge on any atom is -0.447 e. The number of rotatable bonds is 7. The molecule has 23 heavy (non-hydrogen) atoms. The number of hydrogen-bond acceptors (Lipinski definition) is 5. The minimum atomic E-state index is -1.02. The number of nitrogens with zero attached hydrogens (tertiary/aromatic N) is 1. The maximum atomic E-state index is 12.4. The van der Waals surface area contributed by atoms with Crippen molar-refractivity contribution in [3.8, 4) is 0 Å². The van der Waals surface area contributed by atoms with Crippen molar-refractivity contribution in [2.24, 2.45) is 5.92 Å². The predicted molar refractivity (Wildman–Crippen MR) is 84.7 cm³/mol. The molecular weight excluding hydrogens is 298 g/mol. The molecule has 2 aliphatic rings. The highest BCUT2D eigenvalue weighted by Crippen LogP contribution is 2.44. The van der Waals surface area contributed by atoms with Crippen LogP contribution in [0.3, 0.4) is 0 Å². The lowest BCUT2D eigenvalue weighted by Gasteiger charge is -2.21. The molecule has 2 saturated heterocycles. The Bertz CT molecular complexity index is 525. The monoisotopic (exact) mass is 323 g/mol. The molecule has 2 rings (SSSR count). The average Bonchev–Trinajstić information content (AvgIpc) is 2.95. The summed E-state index contributed by atoms with van der Waals surface area (Å²) in [6, 6.07) is 0. The van der Waals surface area contributed by atoms with Crippen LogP contribution in [-0.4, -0.2) is 53.0 Å². The molecule has 1 N–H and O–H groups in total. The largest absolute Gasteiger partial charge is 0.447 e. The minimum absolute atomic E-state index is 0.185. The molecule has 0 saturated carbocycles. The van der Waals surface area contributed by atoms with Crippen molar-refractivity contribution in [3.05, 3.63) is 24.3 Å². The summed E-state index contributed by atoms with van der Waals surface area (Å²) in [5.74, 6) is -1.37. The van der Waals surface area contributed by atoms with Gasteiger partial charge in [-0.15, -0.1) is 6.58 Å². The third-order valence-electron chi connectivity index (χ3n) is 4.38. The molecule has 0 unspecified atom stereocenters. The topological polar surface area (TPSA) is 79.4 Å². The summed E-state index contributed by atoms with van der Waals surface area (Å²) < 4.78 is 10.4. The lowest BCUT2D eigenvalue weighted by Crippen LogP contribution is -2.43. The van der Waals surface area contributed by atoms with Gasteiger partial charge in [0.05, 0.1) is 24.2 Å². The number of hydrogen-bond donors (Lipinski definition) is 1. The molecule has 0 aromatic heterocycles. The van der Waals surface area contributed by atoms with E-state index in [9.17, 15) is 14.7 Å². The molecular formula is C17H25NO5. The third-order valence-corrected chi connectivity index (χ3v) is 4.38. The molecule has 2 aliphatic heterocycles. The molecule has 0 aliphatic carbocycles. The van der Waals surface area contributed by atoms with Crippen molar-refractivity contribution in [2.45, 2.75) is 51.4 Å². The number of carbonyl (C=O) groups excluding carboxylic acids is 2. The maximum absolute atomic E-state index is 12.4. The predicted octanol–water partition coefficient (Wildman–Crippen LogP) is 2.03. The lowest BCUT2D eigenvalue weighted by molar-refractivity contribution is -0.134. The summed E-state index contributed by atoms with van der Waals surface area (Å²) in [7, 11) is 0. The summed E-state index contributed by atoms with van der Waals surface area (Å²) in [6.07, 6.45) is 2.99. The van der Waals surface area contributed by atoms with Gasteiger partial charge in [0.2, 0.25) is 5.91 Å². The highest BCUT2D eigenvalue weighted by atomic mass is 16.6. The van der Waals surface area contributed by atoms with E-state index in [0.717, 1.165) is 17.7 Å². The number of aliphatic hydroxyl groups excluding tert-OH is 1. The van der Waals surface area contributed by atoms with E-state index in [1.165, 1.54) is 11.6 Å². The Labute approximate surface area is 136 Å². The summed E-state index contributed by atoms with van der Waals surface area (Å²) in [5.41, 5.74) is 0.788. The van der Waals surface area contributed by atoms with Crippen LogP contribution in [0.25, 0.3) is 0 Å². The highest BCUT2D eigenvalue weighted by molar-refractivity contribution is 5.95. The summed E-state index contributed by atoms with van der Waals surface area (Å²) >= 11 is 0.